The van der Waals surface area contributed by atoms with Gasteiger partial charge >= 0.3 is 0 Å². The molecule has 142 valence electrons. The topological polar surface area (TPSA) is 17.0 Å². The fourth-order valence-electron chi connectivity index (χ4n) is 4.37. The Morgan fingerprint density at radius 1 is 0.655 bits per heavy atom. The van der Waals surface area contributed by atoms with Gasteiger partial charge in [-0.25, -0.2) is 0 Å². The van der Waals surface area contributed by atoms with Crippen molar-refractivity contribution in [3.05, 3.63) is 90.5 Å². The maximum absolute atomic E-state index is 3.32. The fraction of sp³-hybridized carbons (Fsp3) is 0.111. The van der Waals surface area contributed by atoms with E-state index in [1.807, 2.05) is 7.05 Å². The van der Waals surface area contributed by atoms with E-state index in [1.54, 1.807) is 0 Å². The summed E-state index contributed by atoms with van der Waals surface area (Å²) in [5, 5.41) is 5.94. The molecule has 0 aliphatic heterocycles. The molecule has 0 saturated carbocycles. The Morgan fingerprint density at radius 3 is 2.21 bits per heavy atom. The van der Waals surface area contributed by atoms with Crippen LogP contribution in [0.5, 0.6) is 0 Å². The molecule has 2 nitrogen and oxygen atoms in total. The van der Waals surface area contributed by atoms with E-state index in [1.165, 1.54) is 49.6 Å². The summed E-state index contributed by atoms with van der Waals surface area (Å²) in [6.07, 6.45) is 0. The van der Waals surface area contributed by atoms with E-state index in [4.69, 9.17) is 0 Å². The SMILES string of the molecule is CNc1ccccc1-c1cc(-c2ccc3c4ccccc4n(C)c3c2)ccc1C. The van der Waals surface area contributed by atoms with E-state index in [9.17, 15) is 0 Å². The van der Waals surface area contributed by atoms with E-state index in [0.717, 1.165) is 5.69 Å². The first-order valence-electron chi connectivity index (χ1n) is 10.0. The number of fused-ring (bicyclic) bond motifs is 3. The summed E-state index contributed by atoms with van der Waals surface area (Å²) in [5.41, 5.74) is 9.95. The third-order valence-electron chi connectivity index (χ3n) is 5.97. The van der Waals surface area contributed by atoms with Crippen molar-refractivity contribution in [3.8, 4) is 22.3 Å². The van der Waals surface area contributed by atoms with E-state index in [2.05, 4.69) is 109 Å². The number of hydrogen-bond acceptors (Lipinski definition) is 1. The molecule has 0 unspecified atom stereocenters. The summed E-state index contributed by atoms with van der Waals surface area (Å²) in [7, 11) is 4.13. The number of aromatic nitrogens is 1. The Balaban J connectivity index is 1.69. The summed E-state index contributed by atoms with van der Waals surface area (Å²) < 4.78 is 2.29. The Hall–Kier alpha value is -3.52. The molecule has 1 heterocycles. The standard InChI is InChI=1S/C27H24N2/c1-18-12-13-19(16-24(18)21-8-4-6-10-25(21)28-2)20-14-15-23-22-9-5-7-11-26(22)29(3)27(23)17-20/h4-17,28H,1-3H3. The number of nitrogens with one attached hydrogen (secondary N) is 1. The van der Waals surface area contributed by atoms with Crippen LogP contribution in [0.15, 0.2) is 84.9 Å². The van der Waals surface area contributed by atoms with Crippen LogP contribution in [-0.4, -0.2) is 11.6 Å². The first-order valence-corrected chi connectivity index (χ1v) is 10.0. The van der Waals surface area contributed by atoms with Crippen molar-refractivity contribution in [2.75, 3.05) is 12.4 Å². The molecule has 2 heteroatoms. The number of hydrogen-bond donors (Lipinski definition) is 1. The third kappa shape index (κ3) is 2.80. The zero-order chi connectivity index (χ0) is 20.0. The van der Waals surface area contributed by atoms with E-state index in [-0.39, 0.29) is 0 Å². The smallest absolute Gasteiger partial charge is 0.0494 e. The molecule has 0 spiro atoms. The largest absolute Gasteiger partial charge is 0.388 e. The highest BCUT2D eigenvalue weighted by Crippen LogP contribution is 2.36. The Kier molecular flexibility index (Phi) is 4.13. The van der Waals surface area contributed by atoms with Gasteiger partial charge < -0.3 is 9.88 Å². The van der Waals surface area contributed by atoms with Crippen molar-refractivity contribution in [3.63, 3.8) is 0 Å². The third-order valence-corrected chi connectivity index (χ3v) is 5.97. The molecule has 0 bridgehead atoms. The number of nitrogens with zero attached hydrogens (tertiary/aromatic N) is 1. The molecule has 5 rings (SSSR count). The summed E-state index contributed by atoms with van der Waals surface area (Å²) in [6.45, 7) is 2.18. The van der Waals surface area contributed by atoms with E-state index in [0.29, 0.717) is 0 Å². The van der Waals surface area contributed by atoms with Crippen LogP contribution in [0.1, 0.15) is 5.56 Å². The summed E-state index contributed by atoms with van der Waals surface area (Å²) in [5.74, 6) is 0. The average Bonchev–Trinajstić information content (AvgIpc) is 3.06. The lowest BCUT2D eigenvalue weighted by molar-refractivity contribution is 1.01. The highest BCUT2D eigenvalue weighted by Gasteiger charge is 2.11. The molecule has 29 heavy (non-hydrogen) atoms. The molecule has 1 aromatic heterocycles. The molecular formula is C27H24N2. The van der Waals surface area contributed by atoms with Gasteiger partial charge in [-0.2, -0.15) is 0 Å². The van der Waals surface area contributed by atoms with Gasteiger partial charge in [-0.3, -0.25) is 0 Å². The highest BCUT2D eigenvalue weighted by atomic mass is 14.9. The number of aryl methyl sites for hydroxylation is 2. The monoisotopic (exact) mass is 376 g/mol. The van der Waals surface area contributed by atoms with Gasteiger partial charge in [0.05, 0.1) is 0 Å². The Labute approximate surface area is 171 Å². The molecule has 0 atom stereocenters. The molecule has 0 fully saturated rings. The van der Waals surface area contributed by atoms with Crippen molar-refractivity contribution in [1.82, 2.24) is 4.57 Å². The second kappa shape index (κ2) is 6.82. The van der Waals surface area contributed by atoms with Crippen molar-refractivity contribution < 1.29 is 0 Å². The average molecular weight is 377 g/mol. The summed E-state index contributed by atoms with van der Waals surface area (Å²) in [6, 6.07) is 30.7. The van der Waals surface area contributed by atoms with Crippen LogP contribution in [0, 0.1) is 6.92 Å². The number of para-hydroxylation sites is 2. The molecule has 0 saturated heterocycles. The zero-order valence-corrected chi connectivity index (χ0v) is 17.0. The van der Waals surface area contributed by atoms with Crippen LogP contribution in [0.2, 0.25) is 0 Å². The second-order valence-corrected chi connectivity index (χ2v) is 7.63. The van der Waals surface area contributed by atoms with Crippen molar-refractivity contribution >= 4 is 27.5 Å². The van der Waals surface area contributed by atoms with Gasteiger partial charge in [0.1, 0.15) is 0 Å². The van der Waals surface area contributed by atoms with Crippen LogP contribution in [0.25, 0.3) is 44.1 Å². The lowest BCUT2D eigenvalue weighted by Crippen LogP contribution is -1.93. The highest BCUT2D eigenvalue weighted by molar-refractivity contribution is 6.09. The minimum atomic E-state index is 1.15. The van der Waals surface area contributed by atoms with Crippen LogP contribution < -0.4 is 5.32 Å². The van der Waals surface area contributed by atoms with Crippen LogP contribution >= 0.6 is 0 Å². The summed E-state index contributed by atoms with van der Waals surface area (Å²) >= 11 is 0. The van der Waals surface area contributed by atoms with E-state index >= 15 is 0 Å². The first kappa shape index (κ1) is 17.6. The van der Waals surface area contributed by atoms with Gasteiger partial charge in [-0.15, -0.1) is 0 Å². The minimum absolute atomic E-state index is 1.15. The lowest BCUT2D eigenvalue weighted by Gasteiger charge is -2.14. The predicted molar refractivity (Wildman–Crippen MR) is 126 cm³/mol. The molecule has 5 aromatic rings. The van der Waals surface area contributed by atoms with Crippen LogP contribution in [-0.2, 0) is 7.05 Å². The van der Waals surface area contributed by atoms with Gasteiger partial charge in [-0.1, -0.05) is 60.7 Å². The summed E-state index contributed by atoms with van der Waals surface area (Å²) in [4.78, 5) is 0. The first-order chi connectivity index (χ1) is 14.2. The molecule has 0 amide bonds. The van der Waals surface area contributed by atoms with Gasteiger partial charge in [0.15, 0.2) is 0 Å². The number of rotatable bonds is 3. The lowest BCUT2D eigenvalue weighted by atomic mass is 9.94. The molecule has 0 aliphatic rings. The molecular weight excluding hydrogens is 352 g/mol. The van der Waals surface area contributed by atoms with Crippen molar-refractivity contribution in [2.24, 2.45) is 7.05 Å². The molecule has 0 aliphatic carbocycles. The van der Waals surface area contributed by atoms with Crippen LogP contribution in [0.4, 0.5) is 5.69 Å². The minimum Gasteiger partial charge on any atom is -0.388 e. The Bertz CT molecular complexity index is 1360. The molecule has 0 radical (unpaired) electrons. The van der Waals surface area contributed by atoms with Gasteiger partial charge in [0, 0.05) is 47.2 Å². The maximum Gasteiger partial charge on any atom is 0.0494 e. The number of anilines is 1. The number of benzene rings is 4. The Morgan fingerprint density at radius 2 is 1.34 bits per heavy atom. The van der Waals surface area contributed by atoms with Gasteiger partial charge in [0.2, 0.25) is 0 Å². The zero-order valence-electron chi connectivity index (χ0n) is 17.0. The maximum atomic E-state index is 3.32. The molecule has 4 aromatic carbocycles. The van der Waals surface area contributed by atoms with Gasteiger partial charge in [0.25, 0.3) is 0 Å². The normalized spacial score (nSPS) is 11.3. The molecule has 1 N–H and O–H groups in total. The fourth-order valence-corrected chi connectivity index (χ4v) is 4.37. The van der Waals surface area contributed by atoms with Crippen LogP contribution in [0.3, 0.4) is 0 Å². The quantitative estimate of drug-likeness (QED) is 0.358. The second-order valence-electron chi connectivity index (χ2n) is 7.63. The van der Waals surface area contributed by atoms with Gasteiger partial charge in [-0.05, 0) is 53.4 Å². The van der Waals surface area contributed by atoms with E-state index < -0.39 is 0 Å². The predicted octanol–water partition coefficient (Wildman–Crippen LogP) is 7.02. The van der Waals surface area contributed by atoms with Crippen molar-refractivity contribution in [1.29, 1.82) is 0 Å². The van der Waals surface area contributed by atoms with Crippen molar-refractivity contribution in [2.45, 2.75) is 6.92 Å².